The molecule has 102 valence electrons. The summed E-state index contributed by atoms with van der Waals surface area (Å²) in [5.41, 5.74) is 0. The summed E-state index contributed by atoms with van der Waals surface area (Å²) >= 11 is 0. The number of hydrogen-bond acceptors (Lipinski definition) is 4. The summed E-state index contributed by atoms with van der Waals surface area (Å²) in [5, 5.41) is 14.5. The summed E-state index contributed by atoms with van der Waals surface area (Å²) in [5.74, 6) is 1.64. The van der Waals surface area contributed by atoms with Crippen molar-refractivity contribution in [1.82, 2.24) is 14.8 Å². The van der Waals surface area contributed by atoms with E-state index in [1.54, 1.807) is 6.33 Å². The Morgan fingerprint density at radius 3 is 3.06 bits per heavy atom. The molecule has 2 unspecified atom stereocenters. The molecule has 1 fully saturated rings. The Balaban J connectivity index is 1.93. The van der Waals surface area contributed by atoms with Gasteiger partial charge in [-0.15, -0.1) is 0 Å². The van der Waals surface area contributed by atoms with Gasteiger partial charge in [0.2, 0.25) is 0 Å². The van der Waals surface area contributed by atoms with E-state index in [2.05, 4.69) is 23.9 Å². The van der Waals surface area contributed by atoms with E-state index in [0.717, 1.165) is 31.8 Å². The molecule has 0 radical (unpaired) electrons. The van der Waals surface area contributed by atoms with Crippen molar-refractivity contribution in [3.8, 4) is 0 Å². The number of rotatable bonds is 5. The number of hydrogen-bond donors (Lipinski definition) is 1. The smallest absolute Gasteiger partial charge is 0.138 e. The predicted molar refractivity (Wildman–Crippen MR) is 68.1 cm³/mol. The van der Waals surface area contributed by atoms with Crippen LogP contribution in [0, 0.1) is 11.8 Å². The van der Waals surface area contributed by atoms with Gasteiger partial charge in [0.1, 0.15) is 12.2 Å². The first-order valence-corrected chi connectivity index (χ1v) is 6.79. The van der Waals surface area contributed by atoms with Crippen molar-refractivity contribution < 1.29 is 9.84 Å². The van der Waals surface area contributed by atoms with Crippen LogP contribution in [0.5, 0.6) is 0 Å². The molecule has 1 saturated heterocycles. The van der Waals surface area contributed by atoms with E-state index in [-0.39, 0.29) is 12.0 Å². The van der Waals surface area contributed by atoms with Gasteiger partial charge < -0.3 is 9.84 Å². The van der Waals surface area contributed by atoms with Gasteiger partial charge in [0, 0.05) is 25.5 Å². The van der Waals surface area contributed by atoms with Crippen molar-refractivity contribution in [2.24, 2.45) is 11.8 Å². The van der Waals surface area contributed by atoms with Crippen molar-refractivity contribution in [3.05, 3.63) is 12.2 Å². The Morgan fingerprint density at radius 2 is 2.39 bits per heavy atom. The molecule has 1 N–H and O–H groups in total. The highest BCUT2D eigenvalue weighted by Crippen LogP contribution is 2.19. The topological polar surface area (TPSA) is 60.2 Å². The summed E-state index contributed by atoms with van der Waals surface area (Å²) < 4.78 is 7.31. The fraction of sp³-hybridized carbons (Fsp3) is 0.846. The maximum Gasteiger partial charge on any atom is 0.138 e. The van der Waals surface area contributed by atoms with Crippen LogP contribution in [-0.2, 0) is 17.7 Å². The Kier molecular flexibility index (Phi) is 4.72. The highest BCUT2D eigenvalue weighted by atomic mass is 16.5. The fourth-order valence-corrected chi connectivity index (χ4v) is 2.37. The molecule has 1 aromatic rings. The molecule has 0 amide bonds. The van der Waals surface area contributed by atoms with Crippen LogP contribution in [0.2, 0.25) is 0 Å². The second-order valence-corrected chi connectivity index (χ2v) is 5.50. The van der Waals surface area contributed by atoms with Crippen LogP contribution in [0.25, 0.3) is 0 Å². The first-order chi connectivity index (χ1) is 8.66. The largest absolute Gasteiger partial charge is 0.392 e. The molecule has 0 saturated carbocycles. The Bertz CT molecular complexity index is 359. The molecule has 0 aromatic carbocycles. The molecule has 2 atom stereocenters. The minimum atomic E-state index is -0.375. The van der Waals surface area contributed by atoms with Gasteiger partial charge in [0.25, 0.3) is 0 Å². The Labute approximate surface area is 108 Å². The van der Waals surface area contributed by atoms with E-state index < -0.39 is 0 Å². The fourth-order valence-electron chi connectivity index (χ4n) is 2.37. The van der Waals surface area contributed by atoms with Crippen LogP contribution >= 0.6 is 0 Å². The summed E-state index contributed by atoms with van der Waals surface area (Å²) in [6.45, 7) is 6.64. The van der Waals surface area contributed by atoms with E-state index in [1.807, 2.05) is 4.68 Å². The lowest BCUT2D eigenvalue weighted by Gasteiger charge is -2.26. The maximum atomic E-state index is 10.2. The van der Waals surface area contributed by atoms with Crippen LogP contribution in [-0.4, -0.2) is 39.2 Å². The third-order valence-corrected chi connectivity index (χ3v) is 3.37. The molecule has 2 heterocycles. The third-order valence-electron chi connectivity index (χ3n) is 3.37. The van der Waals surface area contributed by atoms with Gasteiger partial charge in [0.05, 0.1) is 12.7 Å². The van der Waals surface area contributed by atoms with Crippen molar-refractivity contribution in [2.75, 3.05) is 13.2 Å². The van der Waals surface area contributed by atoms with Crippen molar-refractivity contribution >= 4 is 0 Å². The molecule has 1 aliphatic rings. The summed E-state index contributed by atoms with van der Waals surface area (Å²) in [4.78, 5) is 4.26. The van der Waals surface area contributed by atoms with E-state index in [4.69, 9.17) is 4.74 Å². The van der Waals surface area contributed by atoms with E-state index in [0.29, 0.717) is 18.9 Å². The van der Waals surface area contributed by atoms with Gasteiger partial charge in [-0.25, -0.2) is 9.67 Å². The number of aliphatic hydroxyl groups is 1. The van der Waals surface area contributed by atoms with Crippen molar-refractivity contribution in [3.63, 3.8) is 0 Å². The highest BCUT2D eigenvalue weighted by molar-refractivity contribution is 4.90. The summed E-state index contributed by atoms with van der Waals surface area (Å²) in [6, 6.07) is 0. The molecule has 0 bridgehead atoms. The van der Waals surface area contributed by atoms with Gasteiger partial charge in [0.15, 0.2) is 0 Å². The zero-order valence-corrected chi connectivity index (χ0v) is 11.2. The number of ether oxygens (including phenoxy) is 1. The van der Waals surface area contributed by atoms with E-state index in [9.17, 15) is 5.11 Å². The van der Waals surface area contributed by atoms with E-state index in [1.165, 1.54) is 0 Å². The molecule has 18 heavy (non-hydrogen) atoms. The van der Waals surface area contributed by atoms with Gasteiger partial charge >= 0.3 is 0 Å². The molecule has 0 spiro atoms. The van der Waals surface area contributed by atoms with Crippen LogP contribution in [0.3, 0.4) is 0 Å². The van der Waals surface area contributed by atoms with E-state index >= 15 is 0 Å². The highest BCUT2D eigenvalue weighted by Gasteiger charge is 2.24. The maximum absolute atomic E-state index is 10.2. The quantitative estimate of drug-likeness (QED) is 0.858. The average molecular weight is 253 g/mol. The minimum Gasteiger partial charge on any atom is -0.392 e. The second-order valence-electron chi connectivity index (χ2n) is 5.50. The van der Waals surface area contributed by atoms with Crippen LogP contribution in [0.1, 0.15) is 32.5 Å². The van der Waals surface area contributed by atoms with Crippen LogP contribution in [0.15, 0.2) is 6.33 Å². The molecular weight excluding hydrogens is 230 g/mol. The lowest BCUT2D eigenvalue weighted by molar-refractivity contribution is -0.00952. The molecule has 0 aliphatic carbocycles. The lowest BCUT2D eigenvalue weighted by atomic mass is 9.94. The predicted octanol–water partition coefficient (Wildman–Crippen LogP) is 1.26. The third kappa shape index (κ3) is 3.53. The van der Waals surface area contributed by atoms with Crippen molar-refractivity contribution in [2.45, 2.75) is 45.8 Å². The van der Waals surface area contributed by atoms with Gasteiger partial charge in [-0.3, -0.25) is 0 Å². The molecule has 5 nitrogen and oxygen atoms in total. The zero-order chi connectivity index (χ0) is 13.0. The molecule has 1 aliphatic heterocycles. The minimum absolute atomic E-state index is 0.239. The van der Waals surface area contributed by atoms with Crippen molar-refractivity contribution in [1.29, 1.82) is 0 Å². The monoisotopic (exact) mass is 253 g/mol. The Hall–Kier alpha value is -0.940. The summed E-state index contributed by atoms with van der Waals surface area (Å²) in [7, 11) is 0. The van der Waals surface area contributed by atoms with Gasteiger partial charge in [-0.2, -0.15) is 5.10 Å². The molecular formula is C13H23N3O2. The lowest BCUT2D eigenvalue weighted by Crippen LogP contribution is -2.31. The first kappa shape index (κ1) is 13.5. The van der Waals surface area contributed by atoms with Gasteiger partial charge in [-0.1, -0.05) is 13.8 Å². The molecule has 1 aromatic heterocycles. The number of nitrogens with zero attached hydrogens (tertiary/aromatic N) is 3. The summed E-state index contributed by atoms with van der Waals surface area (Å²) in [6.07, 6.45) is 3.85. The molecule has 5 heteroatoms. The standard InChI is InChI=1S/C13H23N3O2/c1-10(2)7-16-13(14-9-15-16)6-12(17)11-4-3-5-18-8-11/h9-12,17H,3-8H2,1-2H3. The SMILES string of the molecule is CC(C)Cn1ncnc1CC(O)C1CCCOC1. The number of aliphatic hydroxyl groups excluding tert-OH is 1. The normalized spacial score (nSPS) is 22.3. The zero-order valence-electron chi connectivity index (χ0n) is 11.2. The molecule has 2 rings (SSSR count). The van der Waals surface area contributed by atoms with Gasteiger partial charge in [-0.05, 0) is 18.8 Å². The van der Waals surface area contributed by atoms with Crippen LogP contribution in [0.4, 0.5) is 0 Å². The van der Waals surface area contributed by atoms with Crippen LogP contribution < -0.4 is 0 Å². The second kappa shape index (κ2) is 6.29. The number of aromatic nitrogens is 3. The Morgan fingerprint density at radius 1 is 1.56 bits per heavy atom. The first-order valence-electron chi connectivity index (χ1n) is 6.79. The average Bonchev–Trinajstić information content (AvgIpc) is 2.77.